The van der Waals surface area contributed by atoms with E-state index in [1.807, 2.05) is 0 Å². The van der Waals surface area contributed by atoms with Crippen molar-refractivity contribution in [2.45, 2.75) is 31.0 Å². The molecule has 0 amide bonds. The first-order valence-corrected chi connectivity index (χ1v) is 6.84. The van der Waals surface area contributed by atoms with Crippen molar-refractivity contribution in [2.75, 3.05) is 20.3 Å². The molecule has 108 valence electrons. The van der Waals surface area contributed by atoms with Crippen LogP contribution in [0.1, 0.15) is 12.8 Å². The summed E-state index contributed by atoms with van der Waals surface area (Å²) in [6, 6.07) is 7.12. The van der Waals surface area contributed by atoms with Gasteiger partial charge in [0.25, 0.3) is 5.69 Å². The zero-order valence-corrected chi connectivity index (χ0v) is 11.4. The number of fused-ring (bicyclic) bond motifs is 2. The van der Waals surface area contributed by atoms with Crippen molar-refractivity contribution in [3.8, 4) is 5.75 Å². The smallest absolute Gasteiger partial charge is 0.269 e. The molecule has 6 heteroatoms. The highest BCUT2D eigenvalue weighted by molar-refractivity contribution is 5.36. The van der Waals surface area contributed by atoms with Crippen molar-refractivity contribution in [2.24, 2.45) is 0 Å². The summed E-state index contributed by atoms with van der Waals surface area (Å²) in [6.07, 6.45) is 2.03. The van der Waals surface area contributed by atoms with Gasteiger partial charge in [-0.3, -0.25) is 15.0 Å². The summed E-state index contributed by atoms with van der Waals surface area (Å²) in [5, 5.41) is 10.6. The van der Waals surface area contributed by atoms with Gasteiger partial charge in [-0.05, 0) is 19.2 Å². The van der Waals surface area contributed by atoms with Gasteiger partial charge < -0.3 is 9.47 Å². The standard InChI is InChI=1S/C14H18N2O4/c1-15-11-6-14(7-12(15)9-19-8-11)20-13-4-2-10(3-5-13)16(17)18/h2-5,11-12,14H,6-9H2,1H3/t11-,12+,14?. The van der Waals surface area contributed by atoms with Crippen molar-refractivity contribution in [1.82, 2.24) is 4.90 Å². The Bertz CT molecular complexity index is 476. The molecule has 6 nitrogen and oxygen atoms in total. The fourth-order valence-electron chi connectivity index (χ4n) is 2.98. The minimum absolute atomic E-state index is 0.0889. The van der Waals surface area contributed by atoms with E-state index in [1.165, 1.54) is 12.1 Å². The van der Waals surface area contributed by atoms with Crippen LogP contribution in [0.15, 0.2) is 24.3 Å². The van der Waals surface area contributed by atoms with Gasteiger partial charge in [0.1, 0.15) is 11.9 Å². The molecule has 2 heterocycles. The first kappa shape index (κ1) is 13.3. The van der Waals surface area contributed by atoms with E-state index in [9.17, 15) is 10.1 Å². The molecule has 2 fully saturated rings. The number of nitro benzene ring substituents is 1. The van der Waals surface area contributed by atoms with Gasteiger partial charge in [0.2, 0.25) is 0 Å². The molecule has 1 unspecified atom stereocenters. The van der Waals surface area contributed by atoms with Gasteiger partial charge in [0.05, 0.1) is 18.1 Å². The maximum absolute atomic E-state index is 10.6. The Labute approximate surface area is 117 Å². The number of nitrogens with zero attached hydrogens (tertiary/aromatic N) is 2. The lowest BCUT2D eigenvalue weighted by Crippen LogP contribution is -2.57. The molecule has 2 aliphatic heterocycles. The second kappa shape index (κ2) is 5.38. The lowest BCUT2D eigenvalue weighted by Gasteiger charge is -2.46. The summed E-state index contributed by atoms with van der Waals surface area (Å²) in [6.45, 7) is 1.51. The molecule has 2 aliphatic rings. The van der Waals surface area contributed by atoms with Gasteiger partial charge in [0.15, 0.2) is 0 Å². The lowest BCUT2D eigenvalue weighted by atomic mass is 9.92. The number of rotatable bonds is 3. The quantitative estimate of drug-likeness (QED) is 0.623. The molecule has 1 aromatic rings. The Morgan fingerprint density at radius 3 is 2.40 bits per heavy atom. The van der Waals surface area contributed by atoms with Crippen molar-refractivity contribution in [3.63, 3.8) is 0 Å². The SMILES string of the molecule is CN1[C@@H]2COC[C@H]1CC(Oc1ccc([N+](=O)[O-])cc1)C2. The third-order valence-corrected chi connectivity index (χ3v) is 4.19. The second-order valence-electron chi connectivity index (χ2n) is 5.47. The molecular formula is C14H18N2O4. The average Bonchev–Trinajstić information content (AvgIpc) is 2.40. The molecule has 1 aromatic carbocycles. The summed E-state index contributed by atoms with van der Waals surface area (Å²) in [7, 11) is 2.14. The van der Waals surface area contributed by atoms with Crippen LogP contribution in [0.2, 0.25) is 0 Å². The Hall–Kier alpha value is -1.66. The number of morpholine rings is 1. The maximum atomic E-state index is 10.6. The van der Waals surface area contributed by atoms with Gasteiger partial charge in [-0.25, -0.2) is 0 Å². The average molecular weight is 278 g/mol. The first-order valence-electron chi connectivity index (χ1n) is 6.84. The summed E-state index contributed by atoms with van der Waals surface area (Å²) in [5.74, 6) is 0.698. The van der Waals surface area contributed by atoms with Crippen LogP contribution in [0, 0.1) is 10.1 Å². The molecule has 0 spiro atoms. The largest absolute Gasteiger partial charge is 0.490 e. The molecule has 0 radical (unpaired) electrons. The highest BCUT2D eigenvalue weighted by atomic mass is 16.6. The monoisotopic (exact) mass is 278 g/mol. The van der Waals surface area contributed by atoms with E-state index in [0.29, 0.717) is 17.8 Å². The molecule has 0 aromatic heterocycles. The molecule has 20 heavy (non-hydrogen) atoms. The third-order valence-electron chi connectivity index (χ3n) is 4.19. The zero-order valence-electron chi connectivity index (χ0n) is 11.4. The number of piperidine rings is 1. The van der Waals surface area contributed by atoms with Crippen LogP contribution in [0.5, 0.6) is 5.75 Å². The molecule has 3 atom stereocenters. The molecule has 2 saturated heterocycles. The fraction of sp³-hybridized carbons (Fsp3) is 0.571. The van der Waals surface area contributed by atoms with Crippen LogP contribution in [0.3, 0.4) is 0 Å². The molecule has 3 rings (SSSR count). The predicted octanol–water partition coefficient (Wildman–Crippen LogP) is 1.84. The van der Waals surface area contributed by atoms with Crippen molar-refractivity contribution >= 4 is 5.69 Å². The Balaban J connectivity index is 1.65. The number of nitro groups is 1. The van der Waals surface area contributed by atoms with Gasteiger partial charge >= 0.3 is 0 Å². The van der Waals surface area contributed by atoms with Crippen LogP contribution >= 0.6 is 0 Å². The van der Waals surface area contributed by atoms with Gasteiger partial charge in [-0.15, -0.1) is 0 Å². The molecule has 0 aliphatic carbocycles. The Morgan fingerprint density at radius 2 is 1.85 bits per heavy atom. The number of benzene rings is 1. The maximum Gasteiger partial charge on any atom is 0.269 e. The highest BCUT2D eigenvalue weighted by Gasteiger charge is 2.37. The first-order chi connectivity index (χ1) is 9.63. The number of non-ortho nitro benzene ring substituents is 1. The molecular weight excluding hydrogens is 260 g/mol. The zero-order chi connectivity index (χ0) is 14.1. The third kappa shape index (κ3) is 2.62. The van der Waals surface area contributed by atoms with Crippen LogP contribution < -0.4 is 4.74 Å². The fourth-order valence-corrected chi connectivity index (χ4v) is 2.98. The van der Waals surface area contributed by atoms with Gasteiger partial charge in [-0.1, -0.05) is 0 Å². The summed E-state index contributed by atoms with van der Waals surface area (Å²) in [4.78, 5) is 12.6. The van der Waals surface area contributed by atoms with Crippen LogP contribution in [0.4, 0.5) is 5.69 Å². The topological polar surface area (TPSA) is 64.8 Å². The minimum atomic E-state index is -0.402. The van der Waals surface area contributed by atoms with E-state index < -0.39 is 4.92 Å². The van der Waals surface area contributed by atoms with E-state index in [4.69, 9.17) is 9.47 Å². The van der Waals surface area contributed by atoms with Crippen molar-refractivity contribution in [3.05, 3.63) is 34.4 Å². The normalized spacial score (nSPS) is 29.9. The highest BCUT2D eigenvalue weighted by Crippen LogP contribution is 2.29. The predicted molar refractivity (Wildman–Crippen MR) is 72.9 cm³/mol. The van der Waals surface area contributed by atoms with Crippen LogP contribution in [0.25, 0.3) is 0 Å². The number of hydrogen-bond donors (Lipinski definition) is 0. The molecule has 0 N–H and O–H groups in total. The second-order valence-corrected chi connectivity index (χ2v) is 5.47. The van der Waals surface area contributed by atoms with Gasteiger partial charge in [0, 0.05) is 37.1 Å². The molecule has 2 bridgehead atoms. The molecule has 0 saturated carbocycles. The van der Waals surface area contributed by atoms with Crippen molar-refractivity contribution < 1.29 is 14.4 Å². The minimum Gasteiger partial charge on any atom is -0.490 e. The summed E-state index contributed by atoms with van der Waals surface area (Å²) >= 11 is 0. The summed E-state index contributed by atoms with van der Waals surface area (Å²) < 4.78 is 11.5. The van der Waals surface area contributed by atoms with Crippen LogP contribution in [-0.2, 0) is 4.74 Å². The van der Waals surface area contributed by atoms with E-state index in [1.54, 1.807) is 12.1 Å². The Morgan fingerprint density at radius 1 is 1.25 bits per heavy atom. The number of likely N-dealkylation sites (N-methyl/N-ethyl adjacent to an activating group) is 1. The van der Waals surface area contributed by atoms with E-state index >= 15 is 0 Å². The van der Waals surface area contributed by atoms with Crippen LogP contribution in [-0.4, -0.2) is 48.3 Å². The van der Waals surface area contributed by atoms with Crippen molar-refractivity contribution in [1.29, 1.82) is 0 Å². The Kier molecular flexibility index (Phi) is 3.58. The van der Waals surface area contributed by atoms with E-state index in [2.05, 4.69) is 11.9 Å². The summed E-state index contributed by atoms with van der Waals surface area (Å²) in [5.41, 5.74) is 0.0889. The van der Waals surface area contributed by atoms with E-state index in [0.717, 1.165) is 26.1 Å². The number of ether oxygens (including phenoxy) is 2. The van der Waals surface area contributed by atoms with Gasteiger partial charge in [-0.2, -0.15) is 0 Å². The lowest BCUT2D eigenvalue weighted by molar-refractivity contribution is -0.384. The van der Waals surface area contributed by atoms with E-state index in [-0.39, 0.29) is 11.8 Å². The number of hydrogen-bond acceptors (Lipinski definition) is 5.